The van der Waals surface area contributed by atoms with Gasteiger partial charge < -0.3 is 24.1 Å². The van der Waals surface area contributed by atoms with Gasteiger partial charge in [-0.15, -0.1) is 0 Å². The SMILES string of the molecule is C=CC(=O)OC(C)(C)CC(C)(C)Oc1ccc(C(=O)Oc2ccc(OC(=O)c3ccc(O)cc3)cc2)cc1. The predicted octanol–water partition coefficient (Wildman–Crippen LogP) is 5.89. The number of aromatic hydroxyl groups is 1. The van der Waals surface area contributed by atoms with Crippen molar-refractivity contribution in [3.05, 3.63) is 96.6 Å². The average molecular weight is 519 g/mol. The highest BCUT2D eigenvalue weighted by Gasteiger charge is 2.33. The summed E-state index contributed by atoms with van der Waals surface area (Å²) in [5.41, 5.74) is -0.828. The van der Waals surface area contributed by atoms with Crippen molar-refractivity contribution >= 4 is 17.9 Å². The first-order valence-electron chi connectivity index (χ1n) is 11.8. The van der Waals surface area contributed by atoms with Gasteiger partial charge in [0.25, 0.3) is 0 Å². The number of carbonyl (C=O) groups is 3. The van der Waals surface area contributed by atoms with E-state index in [4.69, 9.17) is 18.9 Å². The zero-order valence-electron chi connectivity index (χ0n) is 21.7. The third-order valence-electron chi connectivity index (χ3n) is 5.23. The van der Waals surface area contributed by atoms with Crippen LogP contribution in [0.5, 0.6) is 23.0 Å². The van der Waals surface area contributed by atoms with Crippen LogP contribution in [0.1, 0.15) is 54.8 Å². The Balaban J connectivity index is 1.55. The molecule has 3 aromatic rings. The van der Waals surface area contributed by atoms with Crippen LogP contribution >= 0.6 is 0 Å². The monoisotopic (exact) mass is 518 g/mol. The van der Waals surface area contributed by atoms with Crippen molar-refractivity contribution in [2.24, 2.45) is 0 Å². The third-order valence-corrected chi connectivity index (χ3v) is 5.23. The summed E-state index contributed by atoms with van der Waals surface area (Å²) in [6, 6.07) is 18.2. The van der Waals surface area contributed by atoms with Gasteiger partial charge in [0.2, 0.25) is 0 Å². The van der Waals surface area contributed by atoms with Gasteiger partial charge in [-0.05, 0) is 100 Å². The molecule has 0 unspecified atom stereocenters. The molecule has 0 bridgehead atoms. The van der Waals surface area contributed by atoms with E-state index in [0.29, 0.717) is 17.7 Å². The molecule has 0 amide bonds. The standard InChI is InChI=1S/C30H30O8/c1-6-26(32)38-30(4,5)19-29(2,3)37-25-13-9-21(10-14-25)28(34)36-24-17-15-23(16-18-24)35-27(33)20-7-11-22(31)12-8-20/h6-18,31H,1,19H2,2-5H3. The number of hydrogen-bond donors (Lipinski definition) is 1. The van der Waals surface area contributed by atoms with Gasteiger partial charge in [-0.3, -0.25) is 0 Å². The van der Waals surface area contributed by atoms with E-state index in [1.807, 2.05) is 13.8 Å². The molecule has 0 atom stereocenters. The van der Waals surface area contributed by atoms with Gasteiger partial charge in [0, 0.05) is 12.5 Å². The summed E-state index contributed by atoms with van der Waals surface area (Å²) in [5, 5.41) is 9.32. The van der Waals surface area contributed by atoms with Gasteiger partial charge in [0.1, 0.15) is 34.2 Å². The van der Waals surface area contributed by atoms with E-state index in [1.54, 1.807) is 38.1 Å². The van der Waals surface area contributed by atoms with Gasteiger partial charge >= 0.3 is 17.9 Å². The topological polar surface area (TPSA) is 108 Å². The molecular weight excluding hydrogens is 488 g/mol. The van der Waals surface area contributed by atoms with Gasteiger partial charge in [0.05, 0.1) is 11.1 Å². The van der Waals surface area contributed by atoms with Crippen molar-refractivity contribution in [2.75, 3.05) is 0 Å². The Kier molecular flexibility index (Phi) is 8.57. The number of phenolic OH excluding ortho intramolecular Hbond substituents is 1. The molecule has 0 radical (unpaired) electrons. The fraction of sp³-hybridized carbons (Fsp3) is 0.233. The lowest BCUT2D eigenvalue weighted by atomic mass is 9.92. The lowest BCUT2D eigenvalue weighted by molar-refractivity contribution is -0.154. The first-order valence-corrected chi connectivity index (χ1v) is 11.8. The van der Waals surface area contributed by atoms with Crippen LogP contribution in [-0.4, -0.2) is 34.2 Å². The van der Waals surface area contributed by atoms with Crippen molar-refractivity contribution in [1.82, 2.24) is 0 Å². The first kappa shape index (κ1) is 28.0. The van der Waals surface area contributed by atoms with E-state index >= 15 is 0 Å². The largest absolute Gasteiger partial charge is 0.508 e. The Morgan fingerprint density at radius 1 is 0.711 bits per heavy atom. The molecule has 0 aromatic heterocycles. The van der Waals surface area contributed by atoms with E-state index in [2.05, 4.69) is 6.58 Å². The van der Waals surface area contributed by atoms with E-state index in [0.717, 1.165) is 6.08 Å². The fourth-order valence-electron chi connectivity index (χ4n) is 3.89. The van der Waals surface area contributed by atoms with Gasteiger partial charge in [-0.1, -0.05) is 6.58 Å². The second-order valence-electron chi connectivity index (χ2n) is 9.75. The minimum Gasteiger partial charge on any atom is -0.508 e. The summed E-state index contributed by atoms with van der Waals surface area (Å²) >= 11 is 0. The molecular formula is C30H30O8. The van der Waals surface area contributed by atoms with Crippen LogP contribution in [0.3, 0.4) is 0 Å². The summed E-state index contributed by atoms with van der Waals surface area (Å²) in [5.74, 6) is -0.516. The summed E-state index contributed by atoms with van der Waals surface area (Å²) in [7, 11) is 0. The number of ether oxygens (including phenoxy) is 4. The minimum atomic E-state index is -0.766. The molecule has 8 heteroatoms. The van der Waals surface area contributed by atoms with E-state index in [1.165, 1.54) is 48.5 Å². The van der Waals surface area contributed by atoms with Gasteiger partial charge in [0.15, 0.2) is 0 Å². The Bertz CT molecular complexity index is 1290. The van der Waals surface area contributed by atoms with Crippen molar-refractivity contribution in [1.29, 1.82) is 0 Å². The van der Waals surface area contributed by atoms with Crippen LogP contribution in [0.25, 0.3) is 0 Å². The summed E-state index contributed by atoms with van der Waals surface area (Å²) in [6.07, 6.45) is 1.54. The lowest BCUT2D eigenvalue weighted by Crippen LogP contribution is -2.40. The second-order valence-corrected chi connectivity index (χ2v) is 9.75. The molecule has 8 nitrogen and oxygen atoms in total. The fourth-order valence-corrected chi connectivity index (χ4v) is 3.89. The highest BCUT2D eigenvalue weighted by Crippen LogP contribution is 2.29. The average Bonchev–Trinajstić information content (AvgIpc) is 2.84. The van der Waals surface area contributed by atoms with Gasteiger partial charge in [-0.25, -0.2) is 14.4 Å². The maximum absolute atomic E-state index is 12.6. The highest BCUT2D eigenvalue weighted by molar-refractivity contribution is 5.92. The van der Waals surface area contributed by atoms with Crippen molar-refractivity contribution in [3.8, 4) is 23.0 Å². The Morgan fingerprint density at radius 3 is 1.58 bits per heavy atom. The van der Waals surface area contributed by atoms with Crippen LogP contribution < -0.4 is 14.2 Å². The van der Waals surface area contributed by atoms with Crippen molar-refractivity contribution in [2.45, 2.75) is 45.3 Å². The van der Waals surface area contributed by atoms with Crippen LogP contribution in [0, 0.1) is 0 Å². The molecule has 0 spiro atoms. The summed E-state index contributed by atoms with van der Waals surface area (Å²) in [4.78, 5) is 36.3. The summed E-state index contributed by atoms with van der Waals surface area (Å²) < 4.78 is 22.1. The minimum absolute atomic E-state index is 0.0477. The van der Waals surface area contributed by atoms with Crippen LogP contribution in [0.4, 0.5) is 0 Å². The molecule has 0 fully saturated rings. The van der Waals surface area contributed by atoms with E-state index in [9.17, 15) is 19.5 Å². The second kappa shape index (κ2) is 11.6. The quantitative estimate of drug-likeness (QED) is 0.201. The molecule has 1 N–H and O–H groups in total. The molecule has 3 rings (SSSR count). The van der Waals surface area contributed by atoms with Crippen molar-refractivity contribution < 1.29 is 38.4 Å². The highest BCUT2D eigenvalue weighted by atomic mass is 16.6. The maximum atomic E-state index is 12.6. The molecule has 0 heterocycles. The number of esters is 3. The molecule has 38 heavy (non-hydrogen) atoms. The number of carbonyl (C=O) groups excluding carboxylic acids is 3. The van der Waals surface area contributed by atoms with Crippen LogP contribution in [-0.2, 0) is 9.53 Å². The number of rotatable bonds is 10. The van der Waals surface area contributed by atoms with E-state index < -0.39 is 29.1 Å². The molecule has 0 aliphatic rings. The van der Waals surface area contributed by atoms with Crippen molar-refractivity contribution in [3.63, 3.8) is 0 Å². The zero-order chi connectivity index (χ0) is 27.9. The maximum Gasteiger partial charge on any atom is 0.343 e. The molecule has 0 saturated carbocycles. The van der Waals surface area contributed by atoms with Gasteiger partial charge in [-0.2, -0.15) is 0 Å². The smallest absolute Gasteiger partial charge is 0.343 e. The Labute approximate surface area is 221 Å². The number of benzene rings is 3. The predicted molar refractivity (Wildman–Crippen MR) is 141 cm³/mol. The van der Waals surface area contributed by atoms with Crippen LogP contribution in [0.2, 0.25) is 0 Å². The number of phenols is 1. The molecule has 0 aliphatic carbocycles. The zero-order valence-corrected chi connectivity index (χ0v) is 21.7. The summed E-state index contributed by atoms with van der Waals surface area (Å²) in [6.45, 7) is 10.8. The van der Waals surface area contributed by atoms with E-state index in [-0.39, 0.29) is 22.8 Å². The molecule has 3 aromatic carbocycles. The Morgan fingerprint density at radius 2 is 1.13 bits per heavy atom. The Hall–Kier alpha value is -4.59. The first-order chi connectivity index (χ1) is 17.9. The van der Waals surface area contributed by atoms with Crippen LogP contribution in [0.15, 0.2) is 85.5 Å². The lowest BCUT2D eigenvalue weighted by Gasteiger charge is -2.34. The molecule has 198 valence electrons. The number of hydrogen-bond acceptors (Lipinski definition) is 8. The molecule has 0 aliphatic heterocycles. The molecule has 0 saturated heterocycles. The normalized spacial score (nSPS) is 11.3. The third kappa shape index (κ3) is 8.23.